The molecule has 0 aliphatic carbocycles. The Morgan fingerprint density at radius 1 is 1.29 bits per heavy atom. The smallest absolute Gasteiger partial charge is 0.273 e. The van der Waals surface area contributed by atoms with Crippen LogP contribution in [0.15, 0.2) is 29.6 Å². The first-order valence-corrected chi connectivity index (χ1v) is 7.49. The molecule has 0 saturated heterocycles. The molecule has 2 rings (SSSR count). The Bertz CT molecular complexity index is 583. The van der Waals surface area contributed by atoms with Crippen LogP contribution in [0.2, 0.25) is 0 Å². The van der Waals surface area contributed by atoms with Crippen LogP contribution in [0.25, 0.3) is 0 Å². The molecule has 0 unspecified atom stereocenters. The van der Waals surface area contributed by atoms with E-state index in [-0.39, 0.29) is 18.3 Å². The second-order valence-electron chi connectivity index (χ2n) is 4.66. The van der Waals surface area contributed by atoms with E-state index in [9.17, 15) is 4.79 Å². The third-order valence-electron chi connectivity index (χ3n) is 3.14. The third kappa shape index (κ3) is 4.52. The number of nitrogens with zero attached hydrogens (tertiary/aromatic N) is 2. The number of hydrogen-bond donors (Lipinski definition) is 1. The maximum atomic E-state index is 12.2. The fraction of sp³-hybridized carbons (Fsp3) is 0.333. The lowest BCUT2D eigenvalue weighted by molar-refractivity contribution is 0.0780. The highest BCUT2D eigenvalue weighted by Crippen LogP contribution is 2.13. The number of nitrogens with two attached hydrogens (primary N) is 1. The van der Waals surface area contributed by atoms with Crippen LogP contribution in [0.3, 0.4) is 0 Å². The van der Waals surface area contributed by atoms with Crippen molar-refractivity contribution >= 4 is 29.7 Å². The Hall–Kier alpha value is -1.43. The summed E-state index contributed by atoms with van der Waals surface area (Å²) in [6.07, 6.45) is 1.02. The molecule has 1 aromatic heterocycles. The van der Waals surface area contributed by atoms with Crippen molar-refractivity contribution in [1.29, 1.82) is 0 Å². The molecule has 1 aromatic carbocycles. The van der Waals surface area contributed by atoms with E-state index >= 15 is 0 Å². The van der Waals surface area contributed by atoms with Crippen LogP contribution in [0.5, 0.6) is 0 Å². The maximum absolute atomic E-state index is 12.2. The predicted molar refractivity (Wildman–Crippen MR) is 88.9 cm³/mol. The normalized spacial score (nSPS) is 10.0. The first-order valence-electron chi connectivity index (χ1n) is 6.61. The average molecular weight is 326 g/mol. The van der Waals surface area contributed by atoms with E-state index in [1.165, 1.54) is 16.9 Å². The van der Waals surface area contributed by atoms with Crippen LogP contribution in [0, 0.1) is 0 Å². The average Bonchev–Trinajstić information content (AvgIpc) is 2.96. The molecule has 4 nitrogen and oxygen atoms in total. The summed E-state index contributed by atoms with van der Waals surface area (Å²) in [5.74, 6) is -0.0690. The molecule has 21 heavy (non-hydrogen) atoms. The van der Waals surface area contributed by atoms with E-state index in [1.54, 1.807) is 17.3 Å². The van der Waals surface area contributed by atoms with Crippen LogP contribution in [0.1, 0.15) is 33.5 Å². The van der Waals surface area contributed by atoms with Crippen molar-refractivity contribution in [1.82, 2.24) is 9.88 Å². The molecule has 0 fully saturated rings. The monoisotopic (exact) mass is 325 g/mol. The molecule has 0 spiro atoms. The van der Waals surface area contributed by atoms with Gasteiger partial charge in [0.25, 0.3) is 5.91 Å². The predicted octanol–water partition coefficient (Wildman–Crippen LogP) is 2.86. The molecule has 0 radical (unpaired) electrons. The molecule has 0 saturated carbocycles. The zero-order valence-electron chi connectivity index (χ0n) is 12.2. The number of benzene rings is 1. The molecule has 0 aliphatic rings. The van der Waals surface area contributed by atoms with Crippen LogP contribution < -0.4 is 5.73 Å². The van der Waals surface area contributed by atoms with Crippen molar-refractivity contribution in [2.45, 2.75) is 26.4 Å². The highest BCUT2D eigenvalue weighted by molar-refractivity contribution is 7.09. The van der Waals surface area contributed by atoms with Gasteiger partial charge in [-0.05, 0) is 17.5 Å². The van der Waals surface area contributed by atoms with E-state index in [4.69, 9.17) is 5.73 Å². The summed E-state index contributed by atoms with van der Waals surface area (Å²) in [7, 11) is 1.79. The molecule has 114 valence electrons. The van der Waals surface area contributed by atoms with Gasteiger partial charge in [0, 0.05) is 25.5 Å². The largest absolute Gasteiger partial charge is 0.336 e. The van der Waals surface area contributed by atoms with Crippen molar-refractivity contribution in [3.63, 3.8) is 0 Å². The Kier molecular flexibility index (Phi) is 6.81. The molecule has 1 amide bonds. The number of hydrogen-bond acceptors (Lipinski definition) is 4. The molecule has 2 aromatic rings. The Balaban J connectivity index is 0.00000220. The van der Waals surface area contributed by atoms with Crippen molar-refractivity contribution in [3.8, 4) is 0 Å². The number of carbonyl (C=O) groups excluding carboxylic acids is 1. The highest BCUT2D eigenvalue weighted by Gasteiger charge is 2.15. The summed E-state index contributed by atoms with van der Waals surface area (Å²) in [6, 6.07) is 8.33. The zero-order valence-corrected chi connectivity index (χ0v) is 13.8. The Labute approximate surface area is 135 Å². The summed E-state index contributed by atoms with van der Waals surface area (Å²) in [5, 5.41) is 2.55. The lowest BCUT2D eigenvalue weighted by Crippen LogP contribution is -2.26. The standard InChI is InChI=1S/C15H19N3OS.ClH/c1-3-11-4-6-12(7-5-11)9-18(2)15(19)13-10-20-14(8-16)17-13;/h4-7,10H,3,8-9,16H2,1-2H3;1H. The summed E-state index contributed by atoms with van der Waals surface area (Å²) in [6.45, 7) is 3.08. The van der Waals surface area contributed by atoms with E-state index < -0.39 is 0 Å². The molecule has 0 aliphatic heterocycles. The SMILES string of the molecule is CCc1ccc(CN(C)C(=O)c2csc(CN)n2)cc1.Cl. The first-order chi connectivity index (χ1) is 9.63. The number of amides is 1. The van der Waals surface area contributed by atoms with Crippen molar-refractivity contribution in [2.75, 3.05) is 7.05 Å². The fourth-order valence-electron chi connectivity index (χ4n) is 1.92. The lowest BCUT2D eigenvalue weighted by atomic mass is 10.1. The van der Waals surface area contributed by atoms with Gasteiger partial charge in [-0.3, -0.25) is 4.79 Å². The van der Waals surface area contributed by atoms with Gasteiger partial charge < -0.3 is 10.6 Å². The van der Waals surface area contributed by atoms with Gasteiger partial charge in [0.15, 0.2) is 0 Å². The van der Waals surface area contributed by atoms with Crippen LogP contribution in [0.4, 0.5) is 0 Å². The van der Waals surface area contributed by atoms with Gasteiger partial charge in [-0.2, -0.15) is 0 Å². The third-order valence-corrected chi connectivity index (χ3v) is 4.01. The fourth-order valence-corrected chi connectivity index (χ4v) is 2.57. The summed E-state index contributed by atoms with van der Waals surface area (Å²) >= 11 is 1.42. The minimum absolute atomic E-state index is 0. The number of aromatic nitrogens is 1. The van der Waals surface area contributed by atoms with E-state index in [0.29, 0.717) is 18.8 Å². The summed E-state index contributed by atoms with van der Waals surface area (Å²) < 4.78 is 0. The van der Waals surface area contributed by atoms with Gasteiger partial charge in [-0.25, -0.2) is 4.98 Å². The summed E-state index contributed by atoms with van der Waals surface area (Å²) in [5.41, 5.74) is 8.41. The van der Waals surface area contributed by atoms with Crippen LogP contribution in [-0.2, 0) is 19.5 Å². The lowest BCUT2D eigenvalue weighted by Gasteiger charge is -2.16. The van der Waals surface area contributed by atoms with Gasteiger partial charge in [-0.1, -0.05) is 31.2 Å². The zero-order chi connectivity index (χ0) is 14.5. The molecule has 0 bridgehead atoms. The van der Waals surface area contributed by atoms with Gasteiger partial charge in [0.05, 0.1) is 0 Å². The van der Waals surface area contributed by atoms with E-state index in [1.807, 2.05) is 0 Å². The highest BCUT2D eigenvalue weighted by atomic mass is 35.5. The van der Waals surface area contributed by atoms with Crippen LogP contribution >= 0.6 is 23.7 Å². The molecular formula is C15H20ClN3OS. The second kappa shape index (κ2) is 8.12. The van der Waals surface area contributed by atoms with E-state index in [2.05, 4.69) is 36.2 Å². The number of aryl methyl sites for hydroxylation is 1. The molecule has 2 N–H and O–H groups in total. The van der Waals surface area contributed by atoms with E-state index in [0.717, 1.165) is 17.0 Å². The minimum Gasteiger partial charge on any atom is -0.336 e. The van der Waals surface area contributed by atoms with Crippen molar-refractivity contribution in [2.24, 2.45) is 5.73 Å². The van der Waals surface area contributed by atoms with Gasteiger partial charge in [-0.15, -0.1) is 23.7 Å². The number of halogens is 1. The molecule has 0 atom stereocenters. The van der Waals surface area contributed by atoms with Crippen LogP contribution in [-0.4, -0.2) is 22.8 Å². The molecular weight excluding hydrogens is 306 g/mol. The second-order valence-corrected chi connectivity index (χ2v) is 5.60. The number of thiazole rings is 1. The number of rotatable bonds is 5. The maximum Gasteiger partial charge on any atom is 0.273 e. The molecule has 1 heterocycles. The topological polar surface area (TPSA) is 59.2 Å². The van der Waals surface area contributed by atoms with Gasteiger partial charge >= 0.3 is 0 Å². The quantitative estimate of drug-likeness (QED) is 0.919. The number of carbonyl (C=O) groups is 1. The van der Waals surface area contributed by atoms with Gasteiger partial charge in [0.2, 0.25) is 0 Å². The minimum atomic E-state index is -0.0690. The van der Waals surface area contributed by atoms with Crippen molar-refractivity contribution in [3.05, 3.63) is 51.5 Å². The first kappa shape index (κ1) is 17.6. The Morgan fingerprint density at radius 2 is 1.90 bits per heavy atom. The van der Waals surface area contributed by atoms with Gasteiger partial charge in [0.1, 0.15) is 10.7 Å². The summed E-state index contributed by atoms with van der Waals surface area (Å²) in [4.78, 5) is 18.1. The molecule has 6 heteroatoms. The Morgan fingerprint density at radius 3 is 2.43 bits per heavy atom. The van der Waals surface area contributed by atoms with Crippen molar-refractivity contribution < 1.29 is 4.79 Å².